The van der Waals surface area contributed by atoms with E-state index in [1.807, 2.05) is 0 Å². The Morgan fingerprint density at radius 2 is 1.50 bits per heavy atom. The molecular formula is C26H34N4O2. The minimum absolute atomic E-state index is 0.361. The molecule has 0 radical (unpaired) electrons. The van der Waals surface area contributed by atoms with Crippen LogP contribution in [-0.2, 0) is 40.9 Å². The number of amides is 2. The molecule has 0 aliphatic heterocycles. The molecule has 0 aromatic heterocycles. The van der Waals surface area contributed by atoms with Crippen LogP contribution in [0.15, 0.2) is 36.4 Å². The third-order valence-electron chi connectivity index (χ3n) is 6.35. The van der Waals surface area contributed by atoms with Crippen LogP contribution in [-0.4, -0.2) is 25.1 Å². The van der Waals surface area contributed by atoms with Crippen LogP contribution in [0.1, 0.15) is 60.1 Å². The molecule has 1 aliphatic rings. The fourth-order valence-corrected chi connectivity index (χ4v) is 5.04. The smallest absolute Gasteiger partial charge is 0.207 e. The molecule has 6 nitrogen and oxygen atoms in total. The lowest BCUT2D eigenvalue weighted by molar-refractivity contribution is -0.110. The molecule has 1 aliphatic carbocycles. The zero-order chi connectivity index (χ0) is 23.1. The van der Waals surface area contributed by atoms with Crippen LogP contribution in [0.3, 0.4) is 0 Å². The Bertz CT molecular complexity index is 920. The van der Waals surface area contributed by atoms with Gasteiger partial charge >= 0.3 is 0 Å². The predicted octanol–water partition coefficient (Wildman–Crippen LogP) is 2.98. The van der Waals surface area contributed by atoms with Crippen LogP contribution in [0.4, 0.5) is 0 Å². The van der Waals surface area contributed by atoms with Gasteiger partial charge in [0, 0.05) is 18.8 Å². The molecule has 0 bridgehead atoms. The number of hydrogen-bond donors (Lipinski definition) is 4. The van der Waals surface area contributed by atoms with Crippen molar-refractivity contribution >= 4 is 18.5 Å². The van der Waals surface area contributed by atoms with Crippen LogP contribution in [0.25, 0.3) is 0 Å². The van der Waals surface area contributed by atoms with E-state index in [-0.39, 0.29) is 0 Å². The highest BCUT2D eigenvalue weighted by molar-refractivity contribution is 5.97. The Balaban J connectivity index is 2.21. The summed E-state index contributed by atoms with van der Waals surface area (Å²) in [7, 11) is 0. The molecule has 2 amide bonds. The topological polar surface area (TPSA) is 108 Å². The Hall–Kier alpha value is -2.99. The minimum Gasteiger partial charge on any atom is -0.355 e. The molecular weight excluding hydrogens is 400 g/mol. The molecule has 0 fully saturated rings. The number of hydrogen-bond acceptors (Lipinski definition) is 4. The zero-order valence-corrected chi connectivity index (χ0v) is 19.0. The van der Waals surface area contributed by atoms with E-state index in [2.05, 4.69) is 60.9 Å². The van der Waals surface area contributed by atoms with E-state index >= 15 is 0 Å². The van der Waals surface area contributed by atoms with E-state index in [0.717, 1.165) is 35.1 Å². The van der Waals surface area contributed by atoms with Gasteiger partial charge in [0.1, 0.15) is 0 Å². The first-order valence-electron chi connectivity index (χ1n) is 11.3. The number of benzene rings is 2. The van der Waals surface area contributed by atoms with E-state index in [1.165, 1.54) is 11.1 Å². The first-order valence-corrected chi connectivity index (χ1v) is 11.3. The Morgan fingerprint density at radius 1 is 1.00 bits per heavy atom. The maximum absolute atomic E-state index is 10.8. The van der Waals surface area contributed by atoms with Crippen molar-refractivity contribution in [1.82, 2.24) is 10.6 Å². The summed E-state index contributed by atoms with van der Waals surface area (Å²) in [5.41, 5.74) is 13.1. The third-order valence-corrected chi connectivity index (χ3v) is 6.35. The molecule has 0 atom stereocenters. The van der Waals surface area contributed by atoms with E-state index < -0.39 is 5.41 Å². The summed E-state index contributed by atoms with van der Waals surface area (Å²) >= 11 is 0. The van der Waals surface area contributed by atoms with Crippen LogP contribution in [0.5, 0.6) is 0 Å². The Labute approximate surface area is 190 Å². The van der Waals surface area contributed by atoms with Gasteiger partial charge in [0.15, 0.2) is 0 Å². The van der Waals surface area contributed by atoms with E-state index in [1.54, 1.807) is 0 Å². The summed E-state index contributed by atoms with van der Waals surface area (Å²) in [6.07, 6.45) is 4.49. The number of nitrogens with two attached hydrogens (primary N) is 1. The molecule has 2 aromatic carbocycles. The number of aryl methyl sites for hydroxylation is 2. The average molecular weight is 435 g/mol. The highest BCUT2D eigenvalue weighted by atomic mass is 16.1. The molecule has 170 valence electrons. The normalized spacial score (nSPS) is 14.1. The monoisotopic (exact) mass is 434 g/mol. The number of rotatable bonds is 11. The maximum Gasteiger partial charge on any atom is 0.207 e. The van der Waals surface area contributed by atoms with Crippen LogP contribution >= 0.6 is 0 Å². The molecule has 3 rings (SSSR count). The highest BCUT2D eigenvalue weighted by Crippen LogP contribution is 2.44. The summed E-state index contributed by atoms with van der Waals surface area (Å²) < 4.78 is 0. The summed E-state index contributed by atoms with van der Waals surface area (Å²) in [5, 5.41) is 14.8. The first-order chi connectivity index (χ1) is 15.5. The van der Waals surface area contributed by atoms with Gasteiger partial charge in [-0.15, -0.1) is 0 Å². The van der Waals surface area contributed by atoms with E-state index in [9.17, 15) is 15.0 Å². The van der Waals surface area contributed by atoms with Gasteiger partial charge in [-0.25, -0.2) is 0 Å². The van der Waals surface area contributed by atoms with Crippen molar-refractivity contribution in [3.63, 3.8) is 0 Å². The molecule has 0 saturated heterocycles. The predicted molar refractivity (Wildman–Crippen MR) is 128 cm³/mol. The zero-order valence-electron chi connectivity index (χ0n) is 19.0. The van der Waals surface area contributed by atoms with Crippen molar-refractivity contribution < 1.29 is 9.59 Å². The summed E-state index contributed by atoms with van der Waals surface area (Å²) in [5.74, 6) is 0.361. The van der Waals surface area contributed by atoms with Crippen molar-refractivity contribution in [2.75, 3.05) is 6.54 Å². The summed E-state index contributed by atoms with van der Waals surface area (Å²) in [6, 6.07) is 12.7. The van der Waals surface area contributed by atoms with Crippen molar-refractivity contribution in [3.8, 4) is 0 Å². The van der Waals surface area contributed by atoms with Crippen molar-refractivity contribution in [2.45, 2.75) is 58.0 Å². The quantitative estimate of drug-likeness (QED) is 0.322. The Kier molecular flexibility index (Phi) is 7.80. The average Bonchev–Trinajstić information content (AvgIpc) is 2.91. The van der Waals surface area contributed by atoms with Gasteiger partial charge in [-0.05, 0) is 71.5 Å². The molecule has 5 N–H and O–H groups in total. The lowest BCUT2D eigenvalue weighted by atomic mass is 9.65. The highest BCUT2D eigenvalue weighted by Gasteiger charge is 2.42. The molecule has 0 saturated carbocycles. The number of nitrogens with one attached hydrogen (secondary N) is 3. The fourth-order valence-electron chi connectivity index (χ4n) is 5.04. The summed E-state index contributed by atoms with van der Waals surface area (Å²) in [4.78, 5) is 21.6. The fraction of sp³-hybridized carbons (Fsp3) is 0.423. The molecule has 0 heterocycles. The van der Waals surface area contributed by atoms with Gasteiger partial charge in [0.25, 0.3) is 0 Å². The standard InChI is InChI=1S/C26H34N4O2/c1-18(2)11-25(28)26(9-10-27)23-7-3-19(14-29-16-31)12-21(23)5-6-22-13-20(15-30-17-32)4-8-24(22)26/h3-4,7-8,12-13,16-18,28H,5-6,9-11,14-15,27H2,1-2H3,(H,29,31)(H,30,32). The van der Waals surface area contributed by atoms with Crippen LogP contribution < -0.4 is 16.4 Å². The molecule has 32 heavy (non-hydrogen) atoms. The SMILES string of the molecule is CC(C)CC(=N)C1(CCN)c2ccc(CNC=O)cc2CCc2cc(CNC=O)ccc21. The van der Waals surface area contributed by atoms with Crippen LogP contribution in [0, 0.1) is 11.3 Å². The van der Waals surface area contributed by atoms with E-state index in [4.69, 9.17) is 5.73 Å². The van der Waals surface area contributed by atoms with Gasteiger partial charge in [-0.3, -0.25) is 9.59 Å². The van der Waals surface area contributed by atoms with Crippen molar-refractivity contribution in [1.29, 1.82) is 5.41 Å². The van der Waals surface area contributed by atoms with E-state index in [0.29, 0.717) is 56.9 Å². The molecule has 2 aromatic rings. The number of carbonyl (C=O) groups excluding carboxylic acids is 2. The second kappa shape index (κ2) is 10.6. The van der Waals surface area contributed by atoms with Crippen LogP contribution in [0.2, 0.25) is 0 Å². The molecule has 0 spiro atoms. The van der Waals surface area contributed by atoms with Gasteiger partial charge < -0.3 is 21.8 Å². The van der Waals surface area contributed by atoms with Gasteiger partial charge in [-0.1, -0.05) is 50.2 Å². The van der Waals surface area contributed by atoms with Gasteiger partial charge in [0.05, 0.1) is 5.41 Å². The van der Waals surface area contributed by atoms with Crippen molar-refractivity contribution in [3.05, 3.63) is 69.8 Å². The number of carbonyl (C=O) groups is 2. The number of fused-ring (bicyclic) bond motifs is 2. The molecule has 6 heteroatoms. The second-order valence-electron chi connectivity index (χ2n) is 9.00. The minimum atomic E-state index is -0.576. The second-order valence-corrected chi connectivity index (χ2v) is 9.00. The summed E-state index contributed by atoms with van der Waals surface area (Å²) in [6.45, 7) is 5.73. The van der Waals surface area contributed by atoms with Gasteiger partial charge in [-0.2, -0.15) is 0 Å². The lowest BCUT2D eigenvalue weighted by Gasteiger charge is -2.38. The third kappa shape index (κ3) is 4.75. The Morgan fingerprint density at radius 3 is 1.91 bits per heavy atom. The van der Waals surface area contributed by atoms with Gasteiger partial charge in [0.2, 0.25) is 12.8 Å². The first kappa shape index (κ1) is 23.7. The largest absolute Gasteiger partial charge is 0.355 e. The maximum atomic E-state index is 10.8. The van der Waals surface area contributed by atoms with Crippen molar-refractivity contribution in [2.24, 2.45) is 11.7 Å². The molecule has 0 unspecified atom stereocenters. The lowest BCUT2D eigenvalue weighted by Crippen LogP contribution is -2.40.